The highest BCUT2D eigenvalue weighted by Crippen LogP contribution is 2.45. The van der Waals surface area contributed by atoms with Crippen molar-refractivity contribution in [2.24, 2.45) is 0 Å². The SMILES string of the molecule is FC(F)(F)c1cc(N(Cc2cccnc2)Cc2ccccn2)cc(C(F)(F)F)c1Br. The lowest BCUT2D eigenvalue weighted by Gasteiger charge is -2.27. The Labute approximate surface area is 176 Å². The minimum atomic E-state index is -4.97. The molecular formula is C20H14BrF6N3. The van der Waals surface area contributed by atoms with Crippen LogP contribution < -0.4 is 4.90 Å². The molecule has 0 unspecified atom stereocenters. The minimum Gasteiger partial charge on any atom is -0.361 e. The number of anilines is 1. The van der Waals surface area contributed by atoms with Gasteiger partial charge in [0.15, 0.2) is 0 Å². The molecule has 0 aliphatic rings. The van der Waals surface area contributed by atoms with Crippen LogP contribution in [-0.2, 0) is 25.4 Å². The fraction of sp³-hybridized carbons (Fsp3) is 0.200. The third kappa shape index (κ3) is 5.29. The van der Waals surface area contributed by atoms with Crippen molar-refractivity contribution in [2.45, 2.75) is 25.4 Å². The number of pyridine rings is 2. The van der Waals surface area contributed by atoms with Gasteiger partial charge < -0.3 is 4.90 Å². The first-order valence-electron chi connectivity index (χ1n) is 8.57. The molecule has 3 rings (SSSR count). The number of benzene rings is 1. The molecule has 1 aromatic carbocycles. The van der Waals surface area contributed by atoms with Crippen LogP contribution in [0.4, 0.5) is 32.0 Å². The molecule has 3 aromatic rings. The number of halogens is 7. The molecule has 0 fully saturated rings. The Morgan fingerprint density at radius 3 is 2.00 bits per heavy atom. The zero-order valence-corrected chi connectivity index (χ0v) is 16.8. The highest BCUT2D eigenvalue weighted by atomic mass is 79.9. The summed E-state index contributed by atoms with van der Waals surface area (Å²) in [7, 11) is 0. The number of hydrogen-bond donors (Lipinski definition) is 0. The van der Waals surface area contributed by atoms with Crippen molar-refractivity contribution in [3.63, 3.8) is 0 Å². The van der Waals surface area contributed by atoms with Crippen molar-refractivity contribution >= 4 is 21.6 Å². The summed E-state index contributed by atoms with van der Waals surface area (Å²) < 4.78 is 79.8. The van der Waals surface area contributed by atoms with Gasteiger partial charge in [-0.3, -0.25) is 9.97 Å². The molecule has 30 heavy (non-hydrogen) atoms. The summed E-state index contributed by atoms with van der Waals surface area (Å²) in [5, 5.41) is 0. The molecular weight excluding hydrogens is 476 g/mol. The van der Waals surface area contributed by atoms with Crippen molar-refractivity contribution in [3.8, 4) is 0 Å². The van der Waals surface area contributed by atoms with E-state index in [1.165, 1.54) is 23.5 Å². The van der Waals surface area contributed by atoms with E-state index >= 15 is 0 Å². The summed E-state index contributed by atoms with van der Waals surface area (Å²) in [5.41, 5.74) is -1.91. The van der Waals surface area contributed by atoms with Gasteiger partial charge in [0.1, 0.15) is 0 Å². The molecule has 158 valence electrons. The summed E-state index contributed by atoms with van der Waals surface area (Å²) in [4.78, 5) is 9.49. The monoisotopic (exact) mass is 489 g/mol. The molecule has 3 nitrogen and oxygen atoms in total. The van der Waals surface area contributed by atoms with Crippen LogP contribution in [0.3, 0.4) is 0 Å². The van der Waals surface area contributed by atoms with Crippen molar-refractivity contribution in [1.29, 1.82) is 0 Å². The summed E-state index contributed by atoms with van der Waals surface area (Å²) in [6.07, 6.45) is -5.42. The van der Waals surface area contributed by atoms with Gasteiger partial charge in [-0.1, -0.05) is 12.1 Å². The Morgan fingerprint density at radius 1 is 0.833 bits per heavy atom. The van der Waals surface area contributed by atoms with E-state index < -0.39 is 28.0 Å². The normalized spacial score (nSPS) is 12.1. The van der Waals surface area contributed by atoms with Gasteiger partial charge in [-0.15, -0.1) is 0 Å². The van der Waals surface area contributed by atoms with Crippen LogP contribution in [-0.4, -0.2) is 9.97 Å². The van der Waals surface area contributed by atoms with Gasteiger partial charge in [-0.2, -0.15) is 26.3 Å². The third-order valence-electron chi connectivity index (χ3n) is 4.21. The number of rotatable bonds is 5. The Balaban J connectivity index is 2.13. The number of hydrogen-bond acceptors (Lipinski definition) is 3. The zero-order chi connectivity index (χ0) is 21.9. The molecule has 0 atom stereocenters. The second-order valence-corrected chi connectivity index (χ2v) is 7.18. The van der Waals surface area contributed by atoms with Gasteiger partial charge in [0.2, 0.25) is 0 Å². The molecule has 0 amide bonds. The van der Waals surface area contributed by atoms with Crippen molar-refractivity contribution in [3.05, 3.63) is 87.9 Å². The maximum atomic E-state index is 13.5. The van der Waals surface area contributed by atoms with E-state index in [0.29, 0.717) is 23.4 Å². The molecule has 0 radical (unpaired) electrons. The highest BCUT2D eigenvalue weighted by molar-refractivity contribution is 9.10. The summed E-state index contributed by atoms with van der Waals surface area (Å²) in [5.74, 6) is 0. The van der Waals surface area contributed by atoms with Crippen LogP contribution in [0.15, 0.2) is 65.5 Å². The molecule has 0 aliphatic heterocycles. The summed E-state index contributed by atoms with van der Waals surface area (Å²) >= 11 is 2.49. The predicted molar refractivity (Wildman–Crippen MR) is 103 cm³/mol. The predicted octanol–water partition coefficient (Wildman–Crippen LogP) is 6.48. The molecule has 2 heterocycles. The average Bonchev–Trinajstić information content (AvgIpc) is 2.67. The zero-order valence-electron chi connectivity index (χ0n) is 15.2. The lowest BCUT2D eigenvalue weighted by molar-refractivity contribution is -0.144. The molecule has 0 bridgehead atoms. The van der Waals surface area contributed by atoms with Crippen molar-refractivity contribution in [2.75, 3.05) is 4.90 Å². The van der Waals surface area contributed by atoms with Gasteiger partial charge in [-0.05, 0) is 51.8 Å². The van der Waals surface area contributed by atoms with E-state index in [9.17, 15) is 26.3 Å². The summed E-state index contributed by atoms with van der Waals surface area (Å²) in [6.45, 7) is 0.0482. The molecule has 10 heteroatoms. The second-order valence-electron chi connectivity index (χ2n) is 6.39. The van der Waals surface area contributed by atoms with E-state index in [2.05, 4.69) is 25.9 Å². The fourth-order valence-corrected chi connectivity index (χ4v) is 3.52. The minimum absolute atomic E-state index is 0.00591. The number of aromatic nitrogens is 2. The van der Waals surface area contributed by atoms with Gasteiger partial charge in [0.05, 0.1) is 23.4 Å². The Morgan fingerprint density at radius 2 is 1.50 bits per heavy atom. The van der Waals surface area contributed by atoms with E-state index in [-0.39, 0.29) is 18.8 Å². The van der Waals surface area contributed by atoms with Crippen LogP contribution in [0.2, 0.25) is 0 Å². The Kier molecular flexibility index (Phi) is 6.35. The van der Waals surface area contributed by atoms with Crippen molar-refractivity contribution < 1.29 is 26.3 Å². The molecule has 0 aliphatic carbocycles. The van der Waals surface area contributed by atoms with Crippen LogP contribution >= 0.6 is 15.9 Å². The van der Waals surface area contributed by atoms with Crippen LogP contribution in [0.25, 0.3) is 0 Å². The maximum Gasteiger partial charge on any atom is 0.417 e. The molecule has 0 saturated carbocycles. The first-order valence-corrected chi connectivity index (χ1v) is 9.36. The van der Waals surface area contributed by atoms with Crippen LogP contribution in [0.5, 0.6) is 0 Å². The van der Waals surface area contributed by atoms with Gasteiger partial charge >= 0.3 is 12.4 Å². The lowest BCUT2D eigenvalue weighted by Crippen LogP contribution is -2.24. The van der Waals surface area contributed by atoms with Crippen LogP contribution in [0, 0.1) is 0 Å². The molecule has 0 saturated heterocycles. The van der Waals surface area contributed by atoms with E-state index in [0.717, 1.165) is 0 Å². The molecule has 0 N–H and O–H groups in total. The van der Waals surface area contributed by atoms with E-state index in [1.54, 1.807) is 30.3 Å². The smallest absolute Gasteiger partial charge is 0.361 e. The number of nitrogens with zero attached hydrogens (tertiary/aromatic N) is 3. The van der Waals surface area contributed by atoms with Crippen molar-refractivity contribution in [1.82, 2.24) is 9.97 Å². The second kappa shape index (κ2) is 8.63. The first kappa shape index (κ1) is 22.1. The van der Waals surface area contributed by atoms with E-state index in [1.807, 2.05) is 0 Å². The lowest BCUT2D eigenvalue weighted by atomic mass is 10.1. The number of alkyl halides is 6. The molecule has 0 spiro atoms. The van der Waals surface area contributed by atoms with Gasteiger partial charge in [-0.25, -0.2) is 0 Å². The van der Waals surface area contributed by atoms with E-state index in [4.69, 9.17) is 0 Å². The maximum absolute atomic E-state index is 13.5. The molecule has 2 aromatic heterocycles. The highest BCUT2D eigenvalue weighted by Gasteiger charge is 2.41. The van der Waals surface area contributed by atoms with Gasteiger partial charge in [0.25, 0.3) is 0 Å². The summed E-state index contributed by atoms with van der Waals surface area (Å²) in [6, 6.07) is 9.74. The Bertz CT molecular complexity index is 914. The largest absolute Gasteiger partial charge is 0.417 e. The Hall–Kier alpha value is -2.62. The standard InChI is InChI=1S/C20H14BrF6N3/c21-18-16(19(22,23)24)8-15(9-17(18)20(25,26)27)30(11-13-4-3-6-28-10-13)12-14-5-1-2-7-29-14/h1-10H,11-12H2. The fourth-order valence-electron chi connectivity index (χ4n) is 2.84. The topological polar surface area (TPSA) is 29.0 Å². The van der Waals surface area contributed by atoms with Crippen LogP contribution in [0.1, 0.15) is 22.4 Å². The third-order valence-corrected chi connectivity index (χ3v) is 5.06. The first-order chi connectivity index (χ1) is 14.1. The quantitative estimate of drug-likeness (QED) is 0.384. The van der Waals surface area contributed by atoms with Gasteiger partial charge in [0, 0.05) is 35.3 Å². The average molecular weight is 490 g/mol.